The average molecular weight is 598 g/mol. The van der Waals surface area contributed by atoms with E-state index in [0.717, 1.165) is 12.1 Å². The van der Waals surface area contributed by atoms with Crippen molar-refractivity contribution in [2.75, 3.05) is 4.90 Å². The first-order valence-corrected chi connectivity index (χ1v) is 11.6. The molecule has 1 aliphatic heterocycles. The van der Waals surface area contributed by atoms with Crippen molar-refractivity contribution in [1.82, 2.24) is 5.32 Å². The smallest absolute Gasteiger partial charge is 0.416 e. The summed E-state index contributed by atoms with van der Waals surface area (Å²) in [4.78, 5) is 38.6. The fraction of sp³-hybridized carbons (Fsp3) is 0.0800. The number of hydrogen-bond donors (Lipinski definition) is 1. The van der Waals surface area contributed by atoms with Gasteiger partial charge in [-0.2, -0.15) is 13.2 Å². The minimum Gasteiger partial charge on any atom is -0.488 e. The van der Waals surface area contributed by atoms with E-state index in [1.54, 1.807) is 12.1 Å². The van der Waals surface area contributed by atoms with Crippen LogP contribution in [0, 0.1) is 5.82 Å². The van der Waals surface area contributed by atoms with E-state index >= 15 is 0 Å². The summed E-state index contributed by atoms with van der Waals surface area (Å²) in [7, 11) is 0. The summed E-state index contributed by atoms with van der Waals surface area (Å²) in [5, 5.41) is 1.62. The summed E-state index contributed by atoms with van der Waals surface area (Å²) in [6, 6.07) is 11.3. The molecule has 0 saturated carbocycles. The van der Waals surface area contributed by atoms with Crippen molar-refractivity contribution in [3.05, 3.63) is 98.2 Å². The molecule has 0 atom stereocenters. The highest BCUT2D eigenvalue weighted by Gasteiger charge is 2.39. The number of anilines is 1. The molecule has 0 bridgehead atoms. The molecule has 1 fully saturated rings. The van der Waals surface area contributed by atoms with Gasteiger partial charge in [-0.15, -0.1) is 0 Å². The largest absolute Gasteiger partial charge is 0.488 e. The van der Waals surface area contributed by atoms with Gasteiger partial charge in [0, 0.05) is 10.0 Å². The van der Waals surface area contributed by atoms with Crippen molar-refractivity contribution < 1.29 is 36.7 Å². The first-order valence-electron chi connectivity index (χ1n) is 10.4. The average Bonchev–Trinajstić information content (AvgIpc) is 2.81. The Hall–Kier alpha value is -3.70. The molecule has 6 nitrogen and oxygen atoms in total. The lowest BCUT2D eigenvalue weighted by molar-refractivity contribution is -0.137. The molecule has 190 valence electrons. The molecule has 1 N–H and O–H groups in total. The third-order valence-electron chi connectivity index (χ3n) is 5.17. The molecule has 0 radical (unpaired) electrons. The highest BCUT2D eigenvalue weighted by Crippen LogP contribution is 2.37. The Bertz CT molecular complexity index is 1460. The maximum absolute atomic E-state index is 13.5. The van der Waals surface area contributed by atoms with Crippen LogP contribution in [0.15, 0.2) is 70.7 Å². The van der Waals surface area contributed by atoms with Crippen LogP contribution in [-0.4, -0.2) is 17.8 Å². The normalized spacial score (nSPS) is 15.2. The van der Waals surface area contributed by atoms with Gasteiger partial charge in [0.2, 0.25) is 0 Å². The number of urea groups is 1. The summed E-state index contributed by atoms with van der Waals surface area (Å²) in [6.45, 7) is -0.0415. The van der Waals surface area contributed by atoms with Crippen LogP contribution in [0.5, 0.6) is 5.75 Å². The van der Waals surface area contributed by atoms with E-state index in [-0.39, 0.29) is 22.9 Å². The first-order chi connectivity index (χ1) is 17.4. The highest BCUT2D eigenvalue weighted by atomic mass is 79.9. The molecule has 3 aromatic rings. The van der Waals surface area contributed by atoms with E-state index < -0.39 is 46.7 Å². The standard InChI is InChI=1S/C25H14BrClF4N2O4/c26-16-5-7-21(37-12-13-2-1-3-17(28)8-13)14(9-16)10-18-22(34)32-24(36)33(23(18)35)20-11-15(25(29,30)31)4-6-19(20)27/h1-11H,12H2,(H,32,34,36)/b18-10-. The molecule has 0 aliphatic carbocycles. The Kier molecular flexibility index (Phi) is 7.37. The van der Waals surface area contributed by atoms with Crippen LogP contribution in [-0.2, 0) is 22.4 Å². The van der Waals surface area contributed by atoms with Crippen LogP contribution in [0.4, 0.5) is 28.0 Å². The van der Waals surface area contributed by atoms with Gasteiger partial charge in [0.05, 0.1) is 16.3 Å². The van der Waals surface area contributed by atoms with Gasteiger partial charge < -0.3 is 4.74 Å². The van der Waals surface area contributed by atoms with E-state index in [2.05, 4.69) is 15.9 Å². The lowest BCUT2D eigenvalue weighted by Gasteiger charge is -2.27. The van der Waals surface area contributed by atoms with Gasteiger partial charge >= 0.3 is 12.2 Å². The minimum absolute atomic E-state index is 0.0415. The topological polar surface area (TPSA) is 75.7 Å². The number of rotatable bonds is 5. The summed E-state index contributed by atoms with van der Waals surface area (Å²) in [5.41, 5.74) is -1.50. The third kappa shape index (κ3) is 5.83. The number of nitrogens with zero attached hydrogens (tertiary/aromatic N) is 1. The number of benzene rings is 3. The molecular weight excluding hydrogens is 584 g/mol. The lowest BCUT2D eigenvalue weighted by atomic mass is 10.1. The van der Waals surface area contributed by atoms with Crippen LogP contribution in [0.1, 0.15) is 16.7 Å². The van der Waals surface area contributed by atoms with Crippen molar-refractivity contribution in [2.45, 2.75) is 12.8 Å². The molecule has 1 saturated heterocycles. The van der Waals surface area contributed by atoms with Gasteiger partial charge in [-0.05, 0) is 60.2 Å². The number of imide groups is 2. The van der Waals surface area contributed by atoms with Gasteiger partial charge in [-0.3, -0.25) is 14.9 Å². The molecule has 1 heterocycles. The minimum atomic E-state index is -4.77. The van der Waals surface area contributed by atoms with E-state index in [1.165, 1.54) is 30.3 Å². The van der Waals surface area contributed by atoms with Crippen LogP contribution in [0.25, 0.3) is 6.08 Å². The predicted molar refractivity (Wildman–Crippen MR) is 130 cm³/mol. The quantitative estimate of drug-likeness (QED) is 0.207. The maximum atomic E-state index is 13.5. The molecule has 4 rings (SSSR count). The van der Waals surface area contributed by atoms with Gasteiger partial charge in [0.15, 0.2) is 0 Å². The van der Waals surface area contributed by atoms with E-state index in [4.69, 9.17) is 16.3 Å². The molecule has 0 aromatic heterocycles. The zero-order valence-corrected chi connectivity index (χ0v) is 20.7. The summed E-state index contributed by atoms with van der Waals surface area (Å²) < 4.78 is 59.5. The molecule has 3 aromatic carbocycles. The molecule has 0 spiro atoms. The number of alkyl halides is 3. The van der Waals surface area contributed by atoms with Crippen LogP contribution in [0.2, 0.25) is 5.02 Å². The van der Waals surface area contributed by atoms with Crippen molar-refractivity contribution >= 4 is 57.1 Å². The summed E-state index contributed by atoms with van der Waals surface area (Å²) >= 11 is 9.30. The molecule has 0 unspecified atom stereocenters. The predicted octanol–water partition coefficient (Wildman–Crippen LogP) is 6.51. The SMILES string of the molecule is O=C1NC(=O)N(c2cc(C(F)(F)F)ccc2Cl)C(=O)/C1=C\c1cc(Br)ccc1OCc1cccc(F)c1. The second-order valence-corrected chi connectivity index (χ2v) is 9.05. The fourth-order valence-electron chi connectivity index (χ4n) is 3.44. The third-order valence-corrected chi connectivity index (χ3v) is 5.98. The zero-order chi connectivity index (χ0) is 26.9. The van der Waals surface area contributed by atoms with E-state index in [1.807, 2.05) is 5.32 Å². The number of halogens is 6. The first kappa shape index (κ1) is 26.4. The Morgan fingerprint density at radius 1 is 1.03 bits per heavy atom. The van der Waals surface area contributed by atoms with Gasteiger partial charge in [-0.1, -0.05) is 39.7 Å². The molecule has 4 amide bonds. The Morgan fingerprint density at radius 2 is 1.78 bits per heavy atom. The number of carbonyl (C=O) groups excluding carboxylic acids is 3. The van der Waals surface area contributed by atoms with Crippen molar-refractivity contribution in [3.63, 3.8) is 0 Å². The summed E-state index contributed by atoms with van der Waals surface area (Å²) in [6.07, 6.45) is -3.64. The molecule has 12 heteroatoms. The highest BCUT2D eigenvalue weighted by molar-refractivity contribution is 9.10. The van der Waals surface area contributed by atoms with Crippen molar-refractivity contribution in [1.29, 1.82) is 0 Å². The van der Waals surface area contributed by atoms with Gasteiger partial charge in [0.1, 0.15) is 23.7 Å². The Morgan fingerprint density at radius 3 is 2.49 bits per heavy atom. The summed E-state index contributed by atoms with van der Waals surface area (Å²) in [5.74, 6) is -2.50. The second kappa shape index (κ2) is 10.3. The van der Waals surface area contributed by atoms with Crippen LogP contribution in [0.3, 0.4) is 0 Å². The van der Waals surface area contributed by atoms with Crippen LogP contribution >= 0.6 is 27.5 Å². The van der Waals surface area contributed by atoms with Crippen LogP contribution < -0.4 is 15.0 Å². The van der Waals surface area contributed by atoms with Crippen molar-refractivity contribution in [2.24, 2.45) is 0 Å². The lowest BCUT2D eigenvalue weighted by Crippen LogP contribution is -2.54. The number of amides is 4. The maximum Gasteiger partial charge on any atom is 0.416 e. The number of nitrogens with one attached hydrogen (secondary N) is 1. The zero-order valence-electron chi connectivity index (χ0n) is 18.4. The fourth-order valence-corrected chi connectivity index (χ4v) is 4.02. The van der Waals surface area contributed by atoms with E-state index in [9.17, 15) is 31.9 Å². The Labute approximate surface area is 220 Å². The number of ether oxygens (including phenoxy) is 1. The van der Waals surface area contributed by atoms with Gasteiger partial charge in [-0.25, -0.2) is 14.1 Å². The molecule has 1 aliphatic rings. The monoisotopic (exact) mass is 596 g/mol. The van der Waals surface area contributed by atoms with Crippen molar-refractivity contribution in [3.8, 4) is 5.75 Å². The number of carbonyl (C=O) groups is 3. The second-order valence-electron chi connectivity index (χ2n) is 7.72. The number of barbiturate groups is 1. The van der Waals surface area contributed by atoms with Gasteiger partial charge in [0.25, 0.3) is 11.8 Å². The Balaban J connectivity index is 1.72. The molecule has 37 heavy (non-hydrogen) atoms. The number of hydrogen-bond acceptors (Lipinski definition) is 4. The van der Waals surface area contributed by atoms with E-state index in [0.29, 0.717) is 27.1 Å². The molecular formula is C25H14BrClF4N2O4.